The van der Waals surface area contributed by atoms with Crippen molar-refractivity contribution in [3.63, 3.8) is 0 Å². The lowest BCUT2D eigenvalue weighted by Gasteiger charge is -2.18. The first-order chi connectivity index (χ1) is 8.09. The fourth-order valence-corrected chi connectivity index (χ4v) is 1.96. The number of hydrogen-bond donors (Lipinski definition) is 1. The predicted molar refractivity (Wildman–Crippen MR) is 62.9 cm³/mol. The van der Waals surface area contributed by atoms with Crippen LogP contribution in [0.25, 0.3) is 0 Å². The molecule has 1 aromatic rings. The number of carbonyl (C=O) groups excluding carboxylic acids is 1. The van der Waals surface area contributed by atoms with Gasteiger partial charge in [-0.3, -0.25) is 0 Å². The molecule has 0 radical (unpaired) electrons. The SMILES string of the molecule is CC(C)Oc1cccc(O)c1C1(N=C=O)CC1. The summed E-state index contributed by atoms with van der Waals surface area (Å²) in [5.74, 6) is 0.719. The van der Waals surface area contributed by atoms with E-state index in [1.54, 1.807) is 24.3 Å². The Hall–Kier alpha value is -1.80. The molecule has 1 aromatic carbocycles. The van der Waals surface area contributed by atoms with E-state index in [-0.39, 0.29) is 11.9 Å². The van der Waals surface area contributed by atoms with E-state index in [1.807, 2.05) is 13.8 Å². The van der Waals surface area contributed by atoms with Gasteiger partial charge in [0.05, 0.1) is 11.7 Å². The second kappa shape index (κ2) is 4.22. The van der Waals surface area contributed by atoms with E-state index in [4.69, 9.17) is 4.74 Å². The van der Waals surface area contributed by atoms with E-state index in [1.165, 1.54) is 0 Å². The Bertz CT molecular complexity index is 472. The van der Waals surface area contributed by atoms with Crippen LogP contribution < -0.4 is 4.74 Å². The zero-order chi connectivity index (χ0) is 12.5. The fraction of sp³-hybridized carbons (Fsp3) is 0.462. The molecular weight excluding hydrogens is 218 g/mol. The lowest BCUT2D eigenvalue weighted by molar-refractivity contribution is 0.236. The first kappa shape index (κ1) is 11.7. The van der Waals surface area contributed by atoms with Crippen molar-refractivity contribution in [2.75, 3.05) is 0 Å². The maximum atomic E-state index is 10.5. The number of isocyanates is 1. The van der Waals surface area contributed by atoms with Gasteiger partial charge in [-0.25, -0.2) is 4.79 Å². The molecular formula is C13H15NO3. The van der Waals surface area contributed by atoms with Gasteiger partial charge in [0.25, 0.3) is 0 Å². The molecule has 1 aliphatic rings. The molecule has 4 heteroatoms. The average Bonchev–Trinajstić information content (AvgIpc) is 2.98. The quantitative estimate of drug-likeness (QED) is 0.642. The number of benzene rings is 1. The van der Waals surface area contributed by atoms with Crippen LogP contribution in [-0.2, 0) is 10.3 Å². The van der Waals surface area contributed by atoms with Crippen molar-refractivity contribution >= 4 is 6.08 Å². The summed E-state index contributed by atoms with van der Waals surface area (Å²) in [7, 11) is 0. The van der Waals surface area contributed by atoms with Crippen molar-refractivity contribution in [1.29, 1.82) is 0 Å². The van der Waals surface area contributed by atoms with E-state index < -0.39 is 5.54 Å². The molecule has 0 spiro atoms. The summed E-state index contributed by atoms with van der Waals surface area (Å²) >= 11 is 0. The molecule has 4 nitrogen and oxygen atoms in total. The van der Waals surface area contributed by atoms with Crippen molar-refractivity contribution in [2.45, 2.75) is 38.3 Å². The molecule has 2 rings (SSSR count). The van der Waals surface area contributed by atoms with E-state index in [0.717, 1.165) is 12.8 Å². The zero-order valence-electron chi connectivity index (χ0n) is 9.93. The van der Waals surface area contributed by atoms with E-state index in [2.05, 4.69) is 4.99 Å². The summed E-state index contributed by atoms with van der Waals surface area (Å²) in [5, 5.41) is 9.94. The van der Waals surface area contributed by atoms with Crippen LogP contribution in [-0.4, -0.2) is 17.3 Å². The summed E-state index contributed by atoms with van der Waals surface area (Å²) in [5.41, 5.74) is -0.00539. The molecule has 17 heavy (non-hydrogen) atoms. The molecule has 0 saturated heterocycles. The summed E-state index contributed by atoms with van der Waals surface area (Å²) < 4.78 is 5.65. The van der Waals surface area contributed by atoms with Gasteiger partial charge in [-0.05, 0) is 38.8 Å². The highest BCUT2D eigenvalue weighted by Gasteiger charge is 2.48. The van der Waals surface area contributed by atoms with Crippen LogP contribution in [0, 0.1) is 0 Å². The van der Waals surface area contributed by atoms with Gasteiger partial charge in [-0.1, -0.05) is 6.07 Å². The van der Waals surface area contributed by atoms with E-state index in [0.29, 0.717) is 11.3 Å². The molecule has 1 aliphatic carbocycles. The number of rotatable bonds is 4. The Balaban J connectivity index is 2.48. The van der Waals surface area contributed by atoms with Crippen molar-refractivity contribution < 1.29 is 14.6 Å². The molecule has 1 N–H and O–H groups in total. The number of hydrogen-bond acceptors (Lipinski definition) is 4. The topological polar surface area (TPSA) is 58.9 Å². The van der Waals surface area contributed by atoms with Crippen LogP contribution in [0.3, 0.4) is 0 Å². The Morgan fingerprint density at radius 2 is 2.18 bits per heavy atom. The minimum Gasteiger partial charge on any atom is -0.507 e. The largest absolute Gasteiger partial charge is 0.507 e. The zero-order valence-corrected chi connectivity index (χ0v) is 9.93. The lowest BCUT2D eigenvalue weighted by atomic mass is 10.0. The molecule has 0 amide bonds. The minimum atomic E-state index is -0.614. The van der Waals surface area contributed by atoms with E-state index >= 15 is 0 Å². The Kier molecular flexibility index (Phi) is 2.90. The molecule has 0 aliphatic heterocycles. The Morgan fingerprint density at radius 3 is 2.71 bits per heavy atom. The highest BCUT2D eigenvalue weighted by Crippen LogP contribution is 2.55. The van der Waals surface area contributed by atoms with Gasteiger partial charge in [0.15, 0.2) is 0 Å². The van der Waals surface area contributed by atoms with Crippen LogP contribution in [0.1, 0.15) is 32.3 Å². The van der Waals surface area contributed by atoms with Crippen LogP contribution in [0.4, 0.5) is 0 Å². The van der Waals surface area contributed by atoms with Crippen molar-refractivity contribution in [1.82, 2.24) is 0 Å². The lowest BCUT2D eigenvalue weighted by Crippen LogP contribution is -2.11. The molecule has 0 unspecified atom stereocenters. The third-order valence-corrected chi connectivity index (χ3v) is 2.82. The first-order valence-electron chi connectivity index (χ1n) is 5.67. The van der Waals surface area contributed by atoms with Gasteiger partial charge in [0, 0.05) is 0 Å². The van der Waals surface area contributed by atoms with E-state index in [9.17, 15) is 9.90 Å². The van der Waals surface area contributed by atoms with Gasteiger partial charge in [0.2, 0.25) is 6.08 Å². The second-order valence-corrected chi connectivity index (χ2v) is 4.55. The van der Waals surface area contributed by atoms with Gasteiger partial charge in [-0.2, -0.15) is 4.99 Å². The normalized spacial score (nSPS) is 16.4. The summed E-state index contributed by atoms with van der Waals surface area (Å²) in [6.07, 6.45) is 3.08. The Labute approximate surface area is 99.9 Å². The standard InChI is InChI=1S/C13H15NO3/c1-9(2)17-11-5-3-4-10(16)12(11)13(6-7-13)14-8-15/h3-5,9,16H,6-7H2,1-2H3. The predicted octanol–water partition coefficient (Wildman–Crippen LogP) is 2.50. The first-order valence-corrected chi connectivity index (χ1v) is 5.67. The minimum absolute atomic E-state index is 0.00607. The highest BCUT2D eigenvalue weighted by atomic mass is 16.5. The van der Waals surface area contributed by atoms with Gasteiger partial charge >= 0.3 is 0 Å². The molecule has 0 heterocycles. The third kappa shape index (κ3) is 2.17. The van der Waals surface area contributed by atoms with Gasteiger partial charge < -0.3 is 9.84 Å². The summed E-state index contributed by atoms with van der Waals surface area (Å²) in [6.45, 7) is 3.83. The molecule has 0 aromatic heterocycles. The van der Waals surface area contributed by atoms with Gasteiger partial charge in [-0.15, -0.1) is 0 Å². The van der Waals surface area contributed by atoms with Gasteiger partial charge in [0.1, 0.15) is 17.0 Å². The molecule has 1 fully saturated rings. The maximum Gasteiger partial charge on any atom is 0.235 e. The molecule has 90 valence electrons. The highest BCUT2D eigenvalue weighted by molar-refractivity contribution is 5.53. The van der Waals surface area contributed by atoms with Crippen molar-refractivity contribution in [3.05, 3.63) is 23.8 Å². The number of ether oxygens (including phenoxy) is 1. The molecule has 0 atom stereocenters. The van der Waals surface area contributed by atoms with Crippen molar-refractivity contribution in [2.24, 2.45) is 4.99 Å². The number of nitrogens with zero attached hydrogens (tertiary/aromatic N) is 1. The summed E-state index contributed by atoms with van der Waals surface area (Å²) in [4.78, 5) is 14.3. The number of phenolic OH excluding ortho intramolecular Hbond substituents is 1. The Morgan fingerprint density at radius 1 is 1.47 bits per heavy atom. The number of aromatic hydroxyl groups is 1. The monoisotopic (exact) mass is 233 g/mol. The number of aliphatic imine (C=N–C) groups is 1. The van der Waals surface area contributed by atoms with Crippen molar-refractivity contribution in [3.8, 4) is 11.5 Å². The third-order valence-electron chi connectivity index (χ3n) is 2.82. The van der Waals surface area contributed by atoms with Crippen LogP contribution in [0.5, 0.6) is 11.5 Å². The van der Waals surface area contributed by atoms with Crippen LogP contribution in [0.2, 0.25) is 0 Å². The maximum absolute atomic E-state index is 10.5. The van der Waals surface area contributed by atoms with Crippen LogP contribution in [0.15, 0.2) is 23.2 Å². The average molecular weight is 233 g/mol. The second-order valence-electron chi connectivity index (χ2n) is 4.55. The fourth-order valence-electron chi connectivity index (χ4n) is 1.96. The molecule has 0 bridgehead atoms. The molecule has 1 saturated carbocycles. The van der Waals surface area contributed by atoms with Crippen LogP contribution >= 0.6 is 0 Å². The summed E-state index contributed by atoms with van der Waals surface area (Å²) in [6, 6.07) is 5.09. The number of phenols is 1. The smallest absolute Gasteiger partial charge is 0.235 e.